The first-order valence-electron chi connectivity index (χ1n) is 5.37. The third-order valence-corrected chi connectivity index (χ3v) is 5.05. The Balaban J connectivity index is 1.94. The van der Waals surface area contributed by atoms with Crippen molar-refractivity contribution < 1.29 is 0 Å². The Morgan fingerprint density at radius 3 is 2.75 bits per heavy atom. The summed E-state index contributed by atoms with van der Waals surface area (Å²) < 4.78 is 0. The van der Waals surface area contributed by atoms with Crippen LogP contribution in [0.15, 0.2) is 35.3 Å². The number of hydrogen-bond donors (Lipinski definition) is 1. The van der Waals surface area contributed by atoms with Crippen molar-refractivity contribution in [2.45, 2.75) is 24.8 Å². The number of aliphatic imine (C=N–C) groups is 1. The van der Waals surface area contributed by atoms with E-state index in [1.54, 1.807) is 0 Å². The van der Waals surface area contributed by atoms with Crippen LogP contribution in [0.5, 0.6) is 0 Å². The van der Waals surface area contributed by atoms with Crippen LogP contribution in [0, 0.1) is 0 Å². The van der Waals surface area contributed by atoms with Crippen molar-refractivity contribution in [2.24, 2.45) is 4.99 Å². The molecule has 0 amide bonds. The molecule has 1 N–H and O–H groups in total. The van der Waals surface area contributed by atoms with E-state index in [1.165, 1.54) is 5.56 Å². The fourth-order valence-corrected chi connectivity index (χ4v) is 3.53. The quantitative estimate of drug-likeness (QED) is 0.868. The van der Waals surface area contributed by atoms with Gasteiger partial charge >= 0.3 is 0 Å². The van der Waals surface area contributed by atoms with Gasteiger partial charge < -0.3 is 5.32 Å². The van der Waals surface area contributed by atoms with Gasteiger partial charge in [-0.1, -0.05) is 58.0 Å². The van der Waals surface area contributed by atoms with Crippen molar-refractivity contribution in [3.63, 3.8) is 0 Å². The first-order valence-corrected chi connectivity index (χ1v) is 7.37. The summed E-state index contributed by atoms with van der Waals surface area (Å²) in [5.41, 5.74) is 1.26. The van der Waals surface area contributed by atoms with E-state index in [0.29, 0.717) is 11.3 Å². The van der Waals surface area contributed by atoms with Crippen LogP contribution in [0.25, 0.3) is 0 Å². The third kappa shape index (κ3) is 3.01. The maximum absolute atomic E-state index is 4.59. The highest BCUT2D eigenvalue weighted by Gasteiger charge is 2.27. The second-order valence-corrected chi connectivity index (χ2v) is 5.73. The zero-order valence-corrected chi connectivity index (χ0v) is 11.6. The first kappa shape index (κ1) is 12.0. The molecule has 1 saturated heterocycles. The molecule has 0 spiro atoms. The minimum atomic E-state index is 0.499. The molecule has 0 saturated carbocycles. The summed E-state index contributed by atoms with van der Waals surface area (Å²) in [7, 11) is 0. The Hall–Kier alpha value is -0.480. The van der Waals surface area contributed by atoms with Gasteiger partial charge in [0, 0.05) is 16.6 Å². The summed E-state index contributed by atoms with van der Waals surface area (Å²) in [6.45, 7) is 2.96. The van der Waals surface area contributed by atoms with Gasteiger partial charge in [0.05, 0.1) is 6.54 Å². The molecule has 1 aromatic rings. The fraction of sp³-hybridized carbons (Fsp3) is 0.417. The molecule has 1 aliphatic rings. The summed E-state index contributed by atoms with van der Waals surface area (Å²) in [6.07, 6.45) is 0. The predicted octanol–water partition coefficient (Wildman–Crippen LogP) is 3.03. The highest BCUT2D eigenvalue weighted by molar-refractivity contribution is 9.09. The standard InChI is InChI=1S/C12H15BrN2S/c1-9-11(7-13)16-12(15-9)14-8-10-5-3-2-4-6-10/h2-6,9,11H,7-8H2,1H3,(H,14,15). The number of halogens is 1. The maximum Gasteiger partial charge on any atom is 0.157 e. The largest absolute Gasteiger partial charge is 0.361 e. The van der Waals surface area contributed by atoms with E-state index in [0.717, 1.165) is 17.0 Å². The molecule has 1 heterocycles. The van der Waals surface area contributed by atoms with Gasteiger partial charge in [0.15, 0.2) is 5.17 Å². The smallest absolute Gasteiger partial charge is 0.157 e. The molecule has 0 aliphatic carbocycles. The van der Waals surface area contributed by atoms with Crippen molar-refractivity contribution >= 4 is 32.9 Å². The Kier molecular flexibility index (Phi) is 4.29. The molecular weight excluding hydrogens is 284 g/mol. The minimum absolute atomic E-state index is 0.499. The monoisotopic (exact) mass is 298 g/mol. The highest BCUT2D eigenvalue weighted by Crippen LogP contribution is 2.25. The molecule has 0 radical (unpaired) electrons. The average Bonchev–Trinajstić information content (AvgIpc) is 2.69. The number of alkyl halides is 1. The van der Waals surface area contributed by atoms with E-state index in [-0.39, 0.29) is 0 Å². The zero-order chi connectivity index (χ0) is 11.4. The van der Waals surface area contributed by atoms with Crippen molar-refractivity contribution in [2.75, 3.05) is 5.33 Å². The molecule has 2 rings (SSSR count). The summed E-state index contributed by atoms with van der Waals surface area (Å²) in [5, 5.41) is 6.08. The summed E-state index contributed by atoms with van der Waals surface area (Å²) in [6, 6.07) is 10.8. The van der Waals surface area contributed by atoms with Gasteiger partial charge in [0.25, 0.3) is 0 Å². The van der Waals surface area contributed by atoms with Gasteiger partial charge in [-0.25, -0.2) is 0 Å². The molecule has 2 nitrogen and oxygen atoms in total. The number of benzene rings is 1. The van der Waals surface area contributed by atoms with Crippen LogP contribution in [0.3, 0.4) is 0 Å². The molecule has 1 fully saturated rings. The van der Waals surface area contributed by atoms with E-state index < -0.39 is 0 Å². The van der Waals surface area contributed by atoms with Gasteiger partial charge in [0.2, 0.25) is 0 Å². The van der Waals surface area contributed by atoms with Gasteiger partial charge in [-0.3, -0.25) is 4.99 Å². The van der Waals surface area contributed by atoms with Gasteiger partial charge in [-0.05, 0) is 12.5 Å². The molecule has 2 atom stereocenters. The molecule has 0 aromatic heterocycles. The molecule has 1 aromatic carbocycles. The van der Waals surface area contributed by atoms with E-state index in [4.69, 9.17) is 0 Å². The van der Waals surface area contributed by atoms with Crippen molar-refractivity contribution in [3.05, 3.63) is 35.9 Å². The van der Waals surface area contributed by atoms with E-state index in [2.05, 4.69) is 57.4 Å². The summed E-state index contributed by atoms with van der Waals surface area (Å²) in [4.78, 5) is 4.59. The van der Waals surface area contributed by atoms with Crippen LogP contribution in [-0.4, -0.2) is 21.8 Å². The zero-order valence-electron chi connectivity index (χ0n) is 9.19. The predicted molar refractivity (Wildman–Crippen MR) is 75.4 cm³/mol. The number of rotatable bonds is 3. The lowest BCUT2D eigenvalue weighted by atomic mass is 10.2. The lowest BCUT2D eigenvalue weighted by molar-refractivity contribution is 0.684. The lowest BCUT2D eigenvalue weighted by Crippen LogP contribution is -2.28. The lowest BCUT2D eigenvalue weighted by Gasteiger charge is -2.07. The number of nitrogens with one attached hydrogen (secondary N) is 1. The average molecular weight is 299 g/mol. The van der Waals surface area contributed by atoms with Crippen molar-refractivity contribution in [1.82, 2.24) is 5.32 Å². The van der Waals surface area contributed by atoms with Gasteiger partial charge in [-0.15, -0.1) is 0 Å². The molecule has 16 heavy (non-hydrogen) atoms. The second kappa shape index (κ2) is 5.73. The number of nitrogens with zero attached hydrogens (tertiary/aromatic N) is 1. The molecule has 4 heteroatoms. The van der Waals surface area contributed by atoms with Gasteiger partial charge in [-0.2, -0.15) is 0 Å². The van der Waals surface area contributed by atoms with E-state index in [9.17, 15) is 0 Å². The molecule has 1 aliphatic heterocycles. The number of hydrogen-bond acceptors (Lipinski definition) is 2. The molecule has 0 bridgehead atoms. The summed E-state index contributed by atoms with van der Waals surface area (Å²) in [5.74, 6) is 0. The SMILES string of the molecule is CC1NC(=NCc2ccccc2)SC1CBr. The highest BCUT2D eigenvalue weighted by atomic mass is 79.9. The molecular formula is C12H15BrN2S. The molecule has 86 valence electrons. The van der Waals surface area contributed by atoms with Crippen LogP contribution >= 0.6 is 27.7 Å². The van der Waals surface area contributed by atoms with Gasteiger partial charge in [0.1, 0.15) is 0 Å². The molecule has 2 unspecified atom stereocenters. The van der Waals surface area contributed by atoms with E-state index in [1.807, 2.05) is 17.8 Å². The Morgan fingerprint density at radius 2 is 2.12 bits per heavy atom. The number of thioether (sulfide) groups is 1. The van der Waals surface area contributed by atoms with E-state index >= 15 is 0 Å². The Labute approximate surface area is 109 Å². The first-order chi connectivity index (χ1) is 7.79. The number of amidine groups is 1. The minimum Gasteiger partial charge on any atom is -0.361 e. The fourth-order valence-electron chi connectivity index (χ4n) is 1.56. The second-order valence-electron chi connectivity index (χ2n) is 3.85. The van der Waals surface area contributed by atoms with Crippen LogP contribution in [0.2, 0.25) is 0 Å². The maximum atomic E-state index is 4.59. The normalized spacial score (nSPS) is 27.0. The van der Waals surface area contributed by atoms with Crippen LogP contribution in [0.1, 0.15) is 12.5 Å². The van der Waals surface area contributed by atoms with Crippen LogP contribution in [0.4, 0.5) is 0 Å². The van der Waals surface area contributed by atoms with Crippen molar-refractivity contribution in [1.29, 1.82) is 0 Å². The van der Waals surface area contributed by atoms with Crippen LogP contribution < -0.4 is 5.32 Å². The van der Waals surface area contributed by atoms with Crippen molar-refractivity contribution in [3.8, 4) is 0 Å². The topological polar surface area (TPSA) is 24.4 Å². The summed E-state index contributed by atoms with van der Waals surface area (Å²) >= 11 is 5.35. The third-order valence-electron chi connectivity index (χ3n) is 2.57. The Morgan fingerprint density at radius 1 is 1.38 bits per heavy atom. The van der Waals surface area contributed by atoms with Crippen LogP contribution in [-0.2, 0) is 6.54 Å². The Bertz CT molecular complexity index is 367.